The molecule has 0 radical (unpaired) electrons. The van der Waals surface area contributed by atoms with Crippen LogP contribution in [-0.2, 0) is 0 Å². The Morgan fingerprint density at radius 2 is 1.89 bits per heavy atom. The lowest BCUT2D eigenvalue weighted by Crippen LogP contribution is -2.04. The van der Waals surface area contributed by atoms with Gasteiger partial charge in [0.1, 0.15) is 22.9 Å². The second kappa shape index (κ2) is 5.05. The van der Waals surface area contributed by atoms with E-state index in [1.165, 1.54) is 16.8 Å². The van der Waals surface area contributed by atoms with Crippen molar-refractivity contribution < 1.29 is 9.50 Å². The standard InChI is InChI=1S/C12H16FN5O/c1-14-10-11(15-2)17-18(12(10)16-3)8-5-4-7(13)6-9(8)19/h4-6,14,16,19H,1-3H3,(H,15,17). The number of nitrogens with zero attached hydrogens (tertiary/aromatic N) is 2. The minimum Gasteiger partial charge on any atom is -0.506 e. The molecule has 0 aliphatic carbocycles. The van der Waals surface area contributed by atoms with E-state index in [1.807, 2.05) is 0 Å². The average molecular weight is 265 g/mol. The van der Waals surface area contributed by atoms with Gasteiger partial charge in [0.2, 0.25) is 0 Å². The van der Waals surface area contributed by atoms with Crippen LogP contribution in [0.25, 0.3) is 5.69 Å². The summed E-state index contributed by atoms with van der Waals surface area (Å²) in [4.78, 5) is 0. The van der Waals surface area contributed by atoms with Crippen molar-refractivity contribution in [3.8, 4) is 11.4 Å². The summed E-state index contributed by atoms with van der Waals surface area (Å²) in [7, 11) is 5.26. The number of nitrogens with one attached hydrogen (secondary N) is 3. The Morgan fingerprint density at radius 1 is 1.16 bits per heavy atom. The third-order valence-corrected chi connectivity index (χ3v) is 2.77. The molecule has 0 atom stereocenters. The minimum atomic E-state index is -0.498. The molecule has 4 N–H and O–H groups in total. The Labute approximate surface area is 110 Å². The molecule has 1 aromatic carbocycles. The van der Waals surface area contributed by atoms with Gasteiger partial charge in [-0.3, -0.25) is 0 Å². The molecule has 2 rings (SSSR count). The van der Waals surface area contributed by atoms with Crippen molar-refractivity contribution >= 4 is 17.3 Å². The molecular formula is C12H16FN5O. The number of benzene rings is 1. The summed E-state index contributed by atoms with van der Waals surface area (Å²) >= 11 is 0. The van der Waals surface area contributed by atoms with Gasteiger partial charge >= 0.3 is 0 Å². The predicted molar refractivity (Wildman–Crippen MR) is 73.8 cm³/mol. The van der Waals surface area contributed by atoms with Crippen LogP contribution in [0.2, 0.25) is 0 Å². The van der Waals surface area contributed by atoms with Crippen LogP contribution < -0.4 is 16.0 Å². The minimum absolute atomic E-state index is 0.177. The van der Waals surface area contributed by atoms with Crippen LogP contribution in [0.4, 0.5) is 21.7 Å². The summed E-state index contributed by atoms with van der Waals surface area (Å²) in [6.07, 6.45) is 0. The number of anilines is 3. The summed E-state index contributed by atoms with van der Waals surface area (Å²) < 4.78 is 14.5. The zero-order valence-electron chi connectivity index (χ0n) is 11.0. The lowest BCUT2D eigenvalue weighted by molar-refractivity contribution is 0.464. The van der Waals surface area contributed by atoms with Crippen molar-refractivity contribution in [3.05, 3.63) is 24.0 Å². The summed E-state index contributed by atoms with van der Waals surface area (Å²) in [6, 6.07) is 3.79. The van der Waals surface area contributed by atoms with E-state index >= 15 is 0 Å². The Hall–Kier alpha value is -2.44. The van der Waals surface area contributed by atoms with Crippen molar-refractivity contribution in [1.29, 1.82) is 0 Å². The van der Waals surface area contributed by atoms with E-state index in [4.69, 9.17) is 0 Å². The van der Waals surface area contributed by atoms with E-state index < -0.39 is 5.82 Å². The average Bonchev–Trinajstić information content (AvgIpc) is 2.76. The molecule has 1 heterocycles. The van der Waals surface area contributed by atoms with Crippen LogP contribution in [0.15, 0.2) is 18.2 Å². The molecule has 0 saturated heterocycles. The molecule has 0 aliphatic heterocycles. The molecule has 6 nitrogen and oxygen atoms in total. The highest BCUT2D eigenvalue weighted by atomic mass is 19.1. The van der Waals surface area contributed by atoms with E-state index in [9.17, 15) is 9.50 Å². The molecular weight excluding hydrogens is 249 g/mol. The maximum atomic E-state index is 13.0. The molecule has 0 spiro atoms. The van der Waals surface area contributed by atoms with E-state index in [2.05, 4.69) is 21.0 Å². The first-order chi connectivity index (χ1) is 9.12. The lowest BCUT2D eigenvalue weighted by Gasteiger charge is -2.09. The van der Waals surface area contributed by atoms with Gasteiger partial charge in [-0.05, 0) is 12.1 Å². The fraction of sp³-hybridized carbons (Fsp3) is 0.250. The van der Waals surface area contributed by atoms with Gasteiger partial charge in [0.25, 0.3) is 0 Å². The molecule has 0 unspecified atom stereocenters. The largest absolute Gasteiger partial charge is 0.506 e. The van der Waals surface area contributed by atoms with Crippen molar-refractivity contribution in [3.63, 3.8) is 0 Å². The number of phenols is 1. The second-order valence-electron chi connectivity index (χ2n) is 3.87. The number of phenolic OH excluding ortho intramolecular Hbond substituents is 1. The molecule has 0 amide bonds. The van der Waals surface area contributed by atoms with Crippen LogP contribution in [0.1, 0.15) is 0 Å². The van der Waals surface area contributed by atoms with Gasteiger partial charge in [0.05, 0.1) is 0 Å². The first kappa shape index (κ1) is 13.0. The molecule has 1 aromatic heterocycles. The fourth-order valence-electron chi connectivity index (χ4n) is 1.91. The summed E-state index contributed by atoms with van der Waals surface area (Å²) in [5.74, 6) is 0.607. The number of rotatable bonds is 4. The predicted octanol–water partition coefficient (Wildman–Crippen LogP) is 1.84. The first-order valence-electron chi connectivity index (χ1n) is 5.77. The quantitative estimate of drug-likeness (QED) is 0.679. The molecule has 102 valence electrons. The second-order valence-corrected chi connectivity index (χ2v) is 3.87. The fourth-order valence-corrected chi connectivity index (χ4v) is 1.91. The number of aromatic hydroxyl groups is 1. The van der Waals surface area contributed by atoms with Gasteiger partial charge < -0.3 is 21.1 Å². The van der Waals surface area contributed by atoms with Crippen molar-refractivity contribution in [2.75, 3.05) is 37.1 Å². The van der Waals surface area contributed by atoms with Crippen molar-refractivity contribution in [2.24, 2.45) is 0 Å². The molecule has 2 aromatic rings. The van der Waals surface area contributed by atoms with Crippen LogP contribution in [-0.4, -0.2) is 36.0 Å². The summed E-state index contributed by atoms with van der Waals surface area (Å²) in [5, 5.41) is 23.1. The van der Waals surface area contributed by atoms with Gasteiger partial charge in [-0.25, -0.2) is 9.07 Å². The molecule has 0 saturated carbocycles. The SMILES string of the molecule is CNc1nn(-c2ccc(F)cc2O)c(NC)c1NC. The Morgan fingerprint density at radius 3 is 2.42 bits per heavy atom. The van der Waals surface area contributed by atoms with Gasteiger partial charge in [0.15, 0.2) is 11.6 Å². The van der Waals surface area contributed by atoms with Gasteiger partial charge in [-0.1, -0.05) is 0 Å². The molecule has 0 bridgehead atoms. The van der Waals surface area contributed by atoms with Crippen LogP contribution in [0, 0.1) is 5.82 Å². The maximum absolute atomic E-state index is 13.0. The van der Waals surface area contributed by atoms with Crippen LogP contribution in [0.5, 0.6) is 5.75 Å². The molecule has 19 heavy (non-hydrogen) atoms. The first-order valence-corrected chi connectivity index (χ1v) is 5.77. The normalized spacial score (nSPS) is 10.3. The number of halogens is 1. The monoisotopic (exact) mass is 265 g/mol. The number of hydrogen-bond donors (Lipinski definition) is 4. The number of aromatic nitrogens is 2. The topological polar surface area (TPSA) is 74.1 Å². The zero-order valence-corrected chi connectivity index (χ0v) is 11.0. The zero-order chi connectivity index (χ0) is 14.0. The maximum Gasteiger partial charge on any atom is 0.174 e. The van der Waals surface area contributed by atoms with Crippen molar-refractivity contribution in [2.45, 2.75) is 0 Å². The van der Waals surface area contributed by atoms with Crippen LogP contribution in [0.3, 0.4) is 0 Å². The van der Waals surface area contributed by atoms with E-state index in [0.29, 0.717) is 17.3 Å². The van der Waals surface area contributed by atoms with Crippen molar-refractivity contribution in [1.82, 2.24) is 9.78 Å². The van der Waals surface area contributed by atoms with Gasteiger partial charge in [0, 0.05) is 27.2 Å². The number of hydrogen-bond acceptors (Lipinski definition) is 5. The lowest BCUT2D eigenvalue weighted by atomic mass is 10.3. The summed E-state index contributed by atoms with van der Waals surface area (Å²) in [5.41, 5.74) is 1.15. The molecule has 0 aliphatic rings. The summed E-state index contributed by atoms with van der Waals surface area (Å²) in [6.45, 7) is 0. The highest BCUT2D eigenvalue weighted by Gasteiger charge is 2.18. The highest BCUT2D eigenvalue weighted by Crippen LogP contribution is 2.34. The van der Waals surface area contributed by atoms with Crippen LogP contribution >= 0.6 is 0 Å². The molecule has 0 fully saturated rings. The van der Waals surface area contributed by atoms with E-state index in [1.54, 1.807) is 21.1 Å². The van der Waals surface area contributed by atoms with E-state index in [-0.39, 0.29) is 5.75 Å². The highest BCUT2D eigenvalue weighted by molar-refractivity contribution is 5.79. The Kier molecular flexibility index (Phi) is 3.46. The third-order valence-electron chi connectivity index (χ3n) is 2.77. The third kappa shape index (κ3) is 2.14. The van der Waals surface area contributed by atoms with Gasteiger partial charge in [-0.15, -0.1) is 5.10 Å². The van der Waals surface area contributed by atoms with Gasteiger partial charge in [-0.2, -0.15) is 0 Å². The van der Waals surface area contributed by atoms with E-state index in [0.717, 1.165) is 11.8 Å². The molecule has 7 heteroatoms. The Bertz CT molecular complexity index is 596. The Balaban J connectivity index is 2.64. The smallest absolute Gasteiger partial charge is 0.174 e.